The lowest BCUT2D eigenvalue weighted by atomic mass is 10.0. The number of nitrogens with two attached hydrogens (primary N) is 2. The van der Waals surface area contributed by atoms with Gasteiger partial charge in [0.05, 0.1) is 28.6 Å². The van der Waals surface area contributed by atoms with Crippen LogP contribution in [-0.4, -0.2) is 16.6 Å². The number of nitrogens with zero attached hydrogens (tertiary/aromatic N) is 3. The van der Waals surface area contributed by atoms with Crippen LogP contribution in [0.15, 0.2) is 48.7 Å². The van der Waals surface area contributed by atoms with E-state index in [1.54, 1.807) is 43.0 Å². The summed E-state index contributed by atoms with van der Waals surface area (Å²) in [6.07, 6.45) is -3.35. The van der Waals surface area contributed by atoms with Crippen molar-refractivity contribution < 1.29 is 18.0 Å². The fourth-order valence-electron chi connectivity index (χ4n) is 3.44. The standard InChI is InChI=1S/C21H19F3N6OS/c1-20(2)18(31)29(15-8-5-13(10-25)16(9-15)21(22,23)24)19(32)30(20)14-6-3-12(4-7-14)17(26)11-28-27/h3-9,11,28H,26-27H2,1-2H3/b17-11-. The largest absolute Gasteiger partial charge is 0.417 e. The maximum atomic E-state index is 13.4. The lowest BCUT2D eigenvalue weighted by Gasteiger charge is -2.29. The molecule has 3 rings (SSSR count). The van der Waals surface area contributed by atoms with Crippen molar-refractivity contribution in [3.8, 4) is 6.07 Å². The van der Waals surface area contributed by atoms with E-state index in [4.69, 9.17) is 29.1 Å². The number of nitriles is 1. The van der Waals surface area contributed by atoms with Crippen LogP contribution in [0.3, 0.4) is 0 Å². The second-order valence-corrected chi connectivity index (χ2v) is 7.84. The van der Waals surface area contributed by atoms with Gasteiger partial charge in [0.1, 0.15) is 5.54 Å². The first-order chi connectivity index (χ1) is 14.9. The summed E-state index contributed by atoms with van der Waals surface area (Å²) in [5.74, 6) is 4.72. The SMILES string of the molecule is CC1(C)C(=O)N(c2ccc(C#N)c(C(F)(F)F)c2)C(=S)N1c1ccc(/C(N)=C/NN)cc1. The zero-order chi connectivity index (χ0) is 23.8. The third-order valence-electron chi connectivity index (χ3n) is 5.05. The Morgan fingerprint density at radius 2 is 1.78 bits per heavy atom. The maximum absolute atomic E-state index is 13.4. The minimum atomic E-state index is -4.76. The highest BCUT2D eigenvalue weighted by atomic mass is 32.1. The van der Waals surface area contributed by atoms with Gasteiger partial charge in [-0.1, -0.05) is 12.1 Å². The lowest BCUT2D eigenvalue weighted by molar-refractivity contribution is -0.137. The van der Waals surface area contributed by atoms with Gasteiger partial charge in [-0.3, -0.25) is 15.5 Å². The Labute approximate surface area is 187 Å². The van der Waals surface area contributed by atoms with Gasteiger partial charge in [0, 0.05) is 11.9 Å². The van der Waals surface area contributed by atoms with E-state index in [-0.39, 0.29) is 10.8 Å². The van der Waals surface area contributed by atoms with Gasteiger partial charge in [-0.15, -0.1) is 0 Å². The molecule has 1 amide bonds. The number of nitrogens with one attached hydrogen (secondary N) is 1. The molecule has 0 radical (unpaired) electrons. The summed E-state index contributed by atoms with van der Waals surface area (Å²) in [5, 5.41) is 9.03. The van der Waals surface area contributed by atoms with E-state index in [1.165, 1.54) is 18.3 Å². The summed E-state index contributed by atoms with van der Waals surface area (Å²) < 4.78 is 40.3. The van der Waals surface area contributed by atoms with Crippen molar-refractivity contribution >= 4 is 40.3 Å². The van der Waals surface area contributed by atoms with Crippen molar-refractivity contribution in [2.24, 2.45) is 11.6 Å². The summed E-state index contributed by atoms with van der Waals surface area (Å²) in [4.78, 5) is 15.8. The second-order valence-electron chi connectivity index (χ2n) is 7.47. The number of rotatable bonds is 4. The van der Waals surface area contributed by atoms with Gasteiger partial charge in [-0.05, 0) is 62.0 Å². The van der Waals surface area contributed by atoms with Crippen LogP contribution in [0.4, 0.5) is 24.5 Å². The molecule has 11 heteroatoms. The van der Waals surface area contributed by atoms with E-state index in [2.05, 4.69) is 5.43 Å². The highest BCUT2D eigenvalue weighted by Gasteiger charge is 2.50. The summed E-state index contributed by atoms with van der Waals surface area (Å²) in [5.41, 5.74) is 6.91. The Morgan fingerprint density at radius 3 is 2.31 bits per heavy atom. The molecule has 32 heavy (non-hydrogen) atoms. The van der Waals surface area contributed by atoms with Crippen LogP contribution < -0.4 is 26.8 Å². The highest BCUT2D eigenvalue weighted by Crippen LogP contribution is 2.39. The van der Waals surface area contributed by atoms with Gasteiger partial charge in [0.25, 0.3) is 5.91 Å². The van der Waals surface area contributed by atoms with Crippen LogP contribution in [0.1, 0.15) is 30.5 Å². The zero-order valence-electron chi connectivity index (χ0n) is 17.1. The topological polar surface area (TPSA) is 111 Å². The predicted molar refractivity (Wildman–Crippen MR) is 119 cm³/mol. The highest BCUT2D eigenvalue weighted by molar-refractivity contribution is 7.81. The van der Waals surface area contributed by atoms with Crippen LogP contribution in [0, 0.1) is 11.3 Å². The monoisotopic (exact) mass is 460 g/mol. The van der Waals surface area contributed by atoms with Crippen LogP contribution in [0.5, 0.6) is 0 Å². The third-order valence-corrected chi connectivity index (χ3v) is 5.42. The number of halogens is 3. The van der Waals surface area contributed by atoms with Gasteiger partial charge >= 0.3 is 6.18 Å². The molecule has 0 saturated carbocycles. The summed E-state index contributed by atoms with van der Waals surface area (Å²) in [6.45, 7) is 3.24. The average Bonchev–Trinajstić information content (AvgIpc) is 2.91. The average molecular weight is 460 g/mol. The quantitative estimate of drug-likeness (QED) is 0.365. The molecule has 5 N–H and O–H groups in total. The Bertz CT molecular complexity index is 1150. The fourth-order valence-corrected chi connectivity index (χ4v) is 3.96. The number of alkyl halides is 3. The molecule has 1 aliphatic rings. The first-order valence-electron chi connectivity index (χ1n) is 9.25. The van der Waals surface area contributed by atoms with Gasteiger partial charge in [0.2, 0.25) is 0 Å². The molecular formula is C21H19F3N6OS. The van der Waals surface area contributed by atoms with E-state index in [0.29, 0.717) is 16.9 Å². The molecule has 0 unspecified atom stereocenters. The molecule has 1 heterocycles. The lowest BCUT2D eigenvalue weighted by Crippen LogP contribution is -2.44. The van der Waals surface area contributed by atoms with Crippen molar-refractivity contribution in [3.05, 3.63) is 65.4 Å². The molecule has 0 aromatic heterocycles. The van der Waals surface area contributed by atoms with Crippen LogP contribution in [-0.2, 0) is 11.0 Å². The van der Waals surface area contributed by atoms with Crippen LogP contribution in [0.2, 0.25) is 0 Å². The van der Waals surface area contributed by atoms with Crippen LogP contribution >= 0.6 is 12.2 Å². The van der Waals surface area contributed by atoms with E-state index in [0.717, 1.165) is 17.0 Å². The van der Waals surface area contributed by atoms with Gasteiger partial charge < -0.3 is 16.1 Å². The molecule has 0 atom stereocenters. The van der Waals surface area contributed by atoms with E-state index < -0.39 is 28.7 Å². The number of carbonyl (C=O) groups excluding carboxylic acids is 1. The Hall–Kier alpha value is -3.62. The number of anilines is 2. The molecule has 0 bridgehead atoms. The molecular weight excluding hydrogens is 441 g/mol. The first-order valence-corrected chi connectivity index (χ1v) is 9.66. The van der Waals surface area contributed by atoms with E-state index in [1.807, 2.05) is 0 Å². The molecule has 166 valence electrons. The van der Waals surface area contributed by atoms with Gasteiger partial charge in [-0.25, -0.2) is 0 Å². The number of amides is 1. The van der Waals surface area contributed by atoms with Crippen molar-refractivity contribution in [2.75, 3.05) is 9.80 Å². The zero-order valence-corrected chi connectivity index (χ0v) is 17.9. The van der Waals surface area contributed by atoms with Crippen molar-refractivity contribution in [2.45, 2.75) is 25.6 Å². The van der Waals surface area contributed by atoms with Gasteiger partial charge in [-0.2, -0.15) is 18.4 Å². The maximum Gasteiger partial charge on any atom is 0.417 e. The Morgan fingerprint density at radius 1 is 1.19 bits per heavy atom. The number of hydrogen-bond acceptors (Lipinski definition) is 6. The number of thiocarbonyl (C=S) groups is 1. The third kappa shape index (κ3) is 3.86. The summed E-state index contributed by atoms with van der Waals surface area (Å²) in [7, 11) is 0. The molecule has 0 aliphatic carbocycles. The van der Waals surface area contributed by atoms with E-state index >= 15 is 0 Å². The minimum Gasteiger partial charge on any atom is -0.397 e. The molecule has 7 nitrogen and oxygen atoms in total. The Balaban J connectivity index is 2.05. The molecule has 2 aromatic carbocycles. The number of carbonyl (C=O) groups is 1. The second kappa shape index (κ2) is 8.14. The van der Waals surface area contributed by atoms with Crippen molar-refractivity contribution in [3.63, 3.8) is 0 Å². The normalized spacial score (nSPS) is 16.3. The summed E-state index contributed by atoms with van der Waals surface area (Å²) >= 11 is 5.50. The smallest absolute Gasteiger partial charge is 0.397 e. The molecule has 2 aromatic rings. The van der Waals surface area contributed by atoms with E-state index in [9.17, 15) is 18.0 Å². The van der Waals surface area contributed by atoms with Gasteiger partial charge in [0.15, 0.2) is 5.11 Å². The van der Waals surface area contributed by atoms with Crippen LogP contribution in [0.25, 0.3) is 5.70 Å². The molecule has 1 aliphatic heterocycles. The first kappa shape index (κ1) is 23.1. The Kier molecular flexibility index (Phi) is 5.86. The number of benzene rings is 2. The summed E-state index contributed by atoms with van der Waals surface area (Å²) in [6, 6.07) is 11.4. The molecule has 1 saturated heterocycles. The number of hydrazine groups is 1. The number of hydrogen-bond donors (Lipinski definition) is 3. The van der Waals surface area contributed by atoms with Crippen molar-refractivity contribution in [1.29, 1.82) is 5.26 Å². The fraction of sp³-hybridized carbons (Fsp3) is 0.190. The molecule has 0 spiro atoms. The predicted octanol–water partition coefficient (Wildman–Crippen LogP) is 3.21. The molecule has 1 fully saturated rings. The van der Waals surface area contributed by atoms with Crippen molar-refractivity contribution in [1.82, 2.24) is 5.43 Å². The minimum absolute atomic E-state index is 0.0118.